The molecule has 7 heteroatoms. The van der Waals surface area contributed by atoms with Crippen LogP contribution in [0.2, 0.25) is 0 Å². The topological polar surface area (TPSA) is 49.3 Å². The molecule has 9 rings (SSSR count). The predicted octanol–water partition coefficient (Wildman–Crippen LogP) is 8.31. The second-order valence-electron chi connectivity index (χ2n) is 10.3. The smallest absolute Gasteiger partial charge is 0.503 e. The largest absolute Gasteiger partial charge is 2.00 e. The van der Waals surface area contributed by atoms with E-state index in [1.54, 1.807) is 10.9 Å². The van der Waals surface area contributed by atoms with Gasteiger partial charge in [-0.2, -0.15) is 11.2 Å². The summed E-state index contributed by atoms with van der Waals surface area (Å²) in [5, 5.41) is 9.81. The molecule has 0 aliphatic rings. The van der Waals surface area contributed by atoms with Crippen LogP contribution in [0.4, 0.5) is 0 Å². The van der Waals surface area contributed by atoms with Gasteiger partial charge in [-0.25, -0.2) is 0 Å². The van der Waals surface area contributed by atoms with Crippen LogP contribution in [-0.2, 0) is 20.4 Å². The number of ether oxygens (including phenoxy) is 1. The standard InChI is InChI=1S/C36H21N5O.Pd/c1-2-8-24(9-3-1)41-33-13-5-4-12-29(33)31-22-34-30(23-35(31)41)28-15-14-27(21-32(28)36-37-17-19-39(34)36)42-26-11-6-10-25(20-26)40-18-7-16-38-40;/h1-19,22-23H;/q-2;+2. The Hall–Kier alpha value is -5.22. The third-order valence-corrected chi connectivity index (χ3v) is 7.86. The van der Waals surface area contributed by atoms with Crippen molar-refractivity contribution in [3.63, 3.8) is 0 Å². The first-order valence-corrected chi connectivity index (χ1v) is 13.8. The first-order chi connectivity index (χ1) is 20.8. The summed E-state index contributed by atoms with van der Waals surface area (Å²) >= 11 is 0. The van der Waals surface area contributed by atoms with Crippen LogP contribution in [0.15, 0.2) is 128 Å². The predicted molar refractivity (Wildman–Crippen MR) is 166 cm³/mol. The van der Waals surface area contributed by atoms with E-state index >= 15 is 0 Å². The number of rotatable bonds is 4. The van der Waals surface area contributed by atoms with Crippen LogP contribution < -0.4 is 4.74 Å². The van der Waals surface area contributed by atoms with Gasteiger partial charge in [-0.1, -0.05) is 53.2 Å². The summed E-state index contributed by atoms with van der Waals surface area (Å²) in [4.78, 5) is 4.74. The molecule has 0 aliphatic carbocycles. The number of hydrogen-bond acceptors (Lipinski definition) is 3. The average molecular weight is 646 g/mol. The molecule has 0 saturated heterocycles. The van der Waals surface area contributed by atoms with Gasteiger partial charge in [0.25, 0.3) is 0 Å². The molecule has 0 radical (unpaired) electrons. The van der Waals surface area contributed by atoms with E-state index in [9.17, 15) is 0 Å². The Kier molecular flexibility index (Phi) is 5.90. The van der Waals surface area contributed by atoms with Crippen molar-refractivity contribution in [3.05, 3.63) is 140 Å². The zero-order valence-corrected chi connectivity index (χ0v) is 24.1. The van der Waals surface area contributed by atoms with Gasteiger partial charge in [0.05, 0.1) is 16.7 Å². The van der Waals surface area contributed by atoms with E-state index in [0.29, 0.717) is 11.5 Å². The van der Waals surface area contributed by atoms with Gasteiger partial charge >= 0.3 is 20.4 Å². The van der Waals surface area contributed by atoms with E-state index in [2.05, 4.69) is 99.0 Å². The third-order valence-electron chi connectivity index (χ3n) is 7.86. The van der Waals surface area contributed by atoms with E-state index in [-0.39, 0.29) is 20.4 Å². The Balaban J connectivity index is 0.00000278. The number of para-hydroxylation sites is 2. The summed E-state index contributed by atoms with van der Waals surface area (Å²) in [7, 11) is 0. The number of benzene rings is 5. The summed E-state index contributed by atoms with van der Waals surface area (Å²) in [6.45, 7) is 0. The molecule has 0 aliphatic heterocycles. The summed E-state index contributed by atoms with van der Waals surface area (Å²) < 4.78 is 12.5. The molecule has 9 aromatic rings. The third kappa shape index (κ3) is 3.98. The van der Waals surface area contributed by atoms with Crippen molar-refractivity contribution in [3.8, 4) is 22.9 Å². The van der Waals surface area contributed by atoms with Gasteiger partial charge in [0.2, 0.25) is 0 Å². The molecule has 206 valence electrons. The molecule has 0 bridgehead atoms. The molecule has 0 atom stereocenters. The van der Waals surface area contributed by atoms with Crippen LogP contribution in [0.25, 0.3) is 60.5 Å². The molecule has 6 nitrogen and oxygen atoms in total. The van der Waals surface area contributed by atoms with Crippen molar-refractivity contribution < 1.29 is 25.2 Å². The van der Waals surface area contributed by atoms with Gasteiger partial charge in [-0.15, -0.1) is 30.3 Å². The fourth-order valence-electron chi connectivity index (χ4n) is 6.05. The maximum Gasteiger partial charge on any atom is 2.00 e. The number of nitrogens with zero attached hydrogens (tertiary/aromatic N) is 5. The Bertz CT molecular complexity index is 2440. The summed E-state index contributed by atoms with van der Waals surface area (Å²) in [6.07, 6.45) is 7.48. The van der Waals surface area contributed by atoms with Crippen LogP contribution in [-0.4, -0.2) is 23.7 Å². The minimum atomic E-state index is 0. The van der Waals surface area contributed by atoms with Gasteiger partial charge in [-0.3, -0.25) is 9.67 Å². The van der Waals surface area contributed by atoms with E-state index in [4.69, 9.17) is 9.72 Å². The molecule has 0 amide bonds. The van der Waals surface area contributed by atoms with Crippen LogP contribution in [0, 0.1) is 12.1 Å². The molecule has 4 aromatic heterocycles. The zero-order chi connectivity index (χ0) is 27.6. The Morgan fingerprint density at radius 2 is 1.42 bits per heavy atom. The normalized spacial score (nSPS) is 11.5. The first kappa shape index (κ1) is 25.5. The Morgan fingerprint density at radius 1 is 0.605 bits per heavy atom. The molecule has 43 heavy (non-hydrogen) atoms. The van der Waals surface area contributed by atoms with Gasteiger partial charge in [0, 0.05) is 58.3 Å². The molecule has 0 spiro atoms. The minimum Gasteiger partial charge on any atom is -0.503 e. The van der Waals surface area contributed by atoms with Crippen molar-refractivity contribution in [1.82, 2.24) is 23.7 Å². The fourth-order valence-corrected chi connectivity index (χ4v) is 6.05. The molecule has 0 N–H and O–H groups in total. The quantitative estimate of drug-likeness (QED) is 0.110. The van der Waals surface area contributed by atoms with Crippen molar-refractivity contribution >= 4 is 49.1 Å². The maximum absolute atomic E-state index is 6.26. The molecule has 4 heterocycles. The number of aromatic nitrogens is 5. The summed E-state index contributed by atoms with van der Waals surface area (Å²) in [5.74, 6) is 1.19. The van der Waals surface area contributed by atoms with Crippen LogP contribution in [0.3, 0.4) is 0 Å². The van der Waals surface area contributed by atoms with Gasteiger partial charge < -0.3 is 13.7 Å². The van der Waals surface area contributed by atoms with Gasteiger partial charge in [-0.05, 0) is 47.5 Å². The van der Waals surface area contributed by atoms with Crippen molar-refractivity contribution in [2.45, 2.75) is 0 Å². The molecule has 0 fully saturated rings. The van der Waals surface area contributed by atoms with E-state index in [1.165, 1.54) is 16.3 Å². The van der Waals surface area contributed by atoms with Crippen LogP contribution in [0.1, 0.15) is 0 Å². The summed E-state index contributed by atoms with van der Waals surface area (Å²) in [6, 6.07) is 42.2. The second-order valence-corrected chi connectivity index (χ2v) is 10.3. The summed E-state index contributed by atoms with van der Waals surface area (Å²) in [5.41, 5.74) is 6.20. The van der Waals surface area contributed by atoms with Crippen molar-refractivity contribution in [2.24, 2.45) is 0 Å². The van der Waals surface area contributed by atoms with Crippen LogP contribution >= 0.6 is 0 Å². The Labute approximate surface area is 260 Å². The van der Waals surface area contributed by atoms with Crippen molar-refractivity contribution in [2.75, 3.05) is 0 Å². The number of pyridine rings is 1. The van der Waals surface area contributed by atoms with E-state index in [0.717, 1.165) is 44.2 Å². The van der Waals surface area contributed by atoms with Gasteiger partial charge in [0.1, 0.15) is 0 Å². The number of fused-ring (bicyclic) bond motifs is 9. The van der Waals surface area contributed by atoms with Crippen molar-refractivity contribution in [1.29, 1.82) is 0 Å². The monoisotopic (exact) mass is 645 g/mol. The molecule has 0 saturated carbocycles. The molecule has 5 aromatic carbocycles. The van der Waals surface area contributed by atoms with Crippen LogP contribution in [0.5, 0.6) is 11.5 Å². The SMILES string of the molecule is [Pd+2].[c-]1c(Oc2[c-]c3c(cc2)c2cc4c(cc2n2ccnc32)c2ccccc2n4-c2ccccc2)cccc1-n1cccn1. The zero-order valence-electron chi connectivity index (χ0n) is 22.6. The fraction of sp³-hybridized carbons (Fsp3) is 0. The van der Waals surface area contributed by atoms with Gasteiger partial charge in [0.15, 0.2) is 0 Å². The van der Waals surface area contributed by atoms with E-state index < -0.39 is 0 Å². The molecule has 0 unspecified atom stereocenters. The number of hydrogen-bond donors (Lipinski definition) is 0. The van der Waals surface area contributed by atoms with E-state index in [1.807, 2.05) is 48.9 Å². The molecular formula is C36H21N5OPd. The maximum atomic E-state index is 6.26. The second kappa shape index (κ2) is 9.95. The molecular weight excluding hydrogens is 625 g/mol. The first-order valence-electron chi connectivity index (χ1n) is 13.8. The number of imidazole rings is 1. The minimum absolute atomic E-state index is 0. The average Bonchev–Trinajstić information content (AvgIpc) is 3.81. The Morgan fingerprint density at radius 3 is 2.30 bits per heavy atom.